The number of methoxy groups -OCH3 is 1. The molecule has 0 aromatic heterocycles. The summed E-state index contributed by atoms with van der Waals surface area (Å²) in [5.41, 5.74) is 0. The minimum absolute atomic E-state index is 0.318. The van der Waals surface area contributed by atoms with E-state index < -0.39 is 0 Å². The predicted molar refractivity (Wildman–Crippen MR) is 48.7 cm³/mol. The Morgan fingerprint density at radius 3 is 2.83 bits per heavy atom. The van der Waals surface area contributed by atoms with Crippen LogP contribution in [0, 0.1) is 11.8 Å². The fourth-order valence-corrected chi connectivity index (χ4v) is 1.90. The van der Waals surface area contributed by atoms with E-state index in [0.29, 0.717) is 18.4 Å². The number of ether oxygens (including phenoxy) is 1. The van der Waals surface area contributed by atoms with Gasteiger partial charge in [-0.25, -0.2) is 0 Å². The molecule has 0 saturated heterocycles. The Morgan fingerprint density at radius 1 is 1.42 bits per heavy atom. The predicted octanol–water partition coefficient (Wildman–Crippen LogP) is 1.95. The molecule has 0 radical (unpaired) electrons. The Labute approximate surface area is 74.2 Å². The van der Waals surface area contributed by atoms with Gasteiger partial charge in [-0.15, -0.1) is 0 Å². The van der Waals surface area contributed by atoms with E-state index in [-0.39, 0.29) is 0 Å². The van der Waals surface area contributed by atoms with Gasteiger partial charge in [0.25, 0.3) is 0 Å². The molecule has 2 nitrogen and oxygen atoms in total. The van der Waals surface area contributed by atoms with E-state index in [1.807, 2.05) is 0 Å². The van der Waals surface area contributed by atoms with E-state index in [9.17, 15) is 0 Å². The van der Waals surface area contributed by atoms with Crippen molar-refractivity contribution in [2.24, 2.45) is 11.8 Å². The Hall–Kier alpha value is -0.500. The molecule has 2 heteroatoms. The Bertz CT molecular complexity index is 143. The number of aliphatic hydroxyl groups excluding tert-OH is 1. The first kappa shape index (κ1) is 9.59. The van der Waals surface area contributed by atoms with Crippen LogP contribution < -0.4 is 0 Å². The molecule has 0 spiro atoms. The van der Waals surface area contributed by atoms with Crippen LogP contribution in [0.15, 0.2) is 12.3 Å². The van der Waals surface area contributed by atoms with Gasteiger partial charge in [-0.05, 0) is 30.8 Å². The van der Waals surface area contributed by atoms with Gasteiger partial charge < -0.3 is 9.84 Å². The van der Waals surface area contributed by atoms with Crippen LogP contribution in [-0.4, -0.2) is 18.8 Å². The molecular weight excluding hydrogens is 152 g/mol. The van der Waals surface area contributed by atoms with Crippen molar-refractivity contribution >= 4 is 0 Å². The van der Waals surface area contributed by atoms with E-state index in [1.165, 1.54) is 19.3 Å². The zero-order valence-electron chi connectivity index (χ0n) is 7.70. The third-order valence-corrected chi connectivity index (χ3v) is 2.66. The number of allylic oxidation sites excluding steroid dienone is 1. The lowest BCUT2D eigenvalue weighted by Crippen LogP contribution is -2.20. The van der Waals surface area contributed by atoms with Crippen molar-refractivity contribution in [3.63, 3.8) is 0 Å². The maximum absolute atomic E-state index is 9.09. The van der Waals surface area contributed by atoms with E-state index in [0.717, 1.165) is 6.42 Å². The summed E-state index contributed by atoms with van der Waals surface area (Å²) in [6.45, 7) is 0.318. The summed E-state index contributed by atoms with van der Waals surface area (Å²) >= 11 is 0. The Balaban J connectivity index is 2.41. The second-order valence-electron chi connectivity index (χ2n) is 3.46. The van der Waals surface area contributed by atoms with Crippen LogP contribution in [0.2, 0.25) is 0 Å². The van der Waals surface area contributed by atoms with Crippen LogP contribution in [-0.2, 0) is 4.74 Å². The summed E-state index contributed by atoms with van der Waals surface area (Å²) in [6.07, 6.45) is 8.73. The molecule has 0 bridgehead atoms. The molecule has 1 fully saturated rings. The highest BCUT2D eigenvalue weighted by Gasteiger charge is 2.21. The van der Waals surface area contributed by atoms with Crippen molar-refractivity contribution in [2.75, 3.05) is 13.7 Å². The van der Waals surface area contributed by atoms with E-state index in [4.69, 9.17) is 9.84 Å². The smallest absolute Gasteiger partial charge is 0.0787 e. The molecular formula is C10H18O2. The number of rotatable bonds is 3. The lowest BCUT2D eigenvalue weighted by molar-refractivity contribution is 0.156. The third-order valence-electron chi connectivity index (χ3n) is 2.66. The summed E-state index contributed by atoms with van der Waals surface area (Å²) in [5, 5.41) is 9.09. The van der Waals surface area contributed by atoms with Gasteiger partial charge in [0.2, 0.25) is 0 Å². The summed E-state index contributed by atoms with van der Waals surface area (Å²) in [7, 11) is 1.66. The highest BCUT2D eigenvalue weighted by molar-refractivity contribution is 4.89. The molecule has 70 valence electrons. The van der Waals surface area contributed by atoms with Gasteiger partial charge >= 0.3 is 0 Å². The molecule has 0 aromatic rings. The number of aliphatic hydroxyl groups is 1. The summed E-state index contributed by atoms with van der Waals surface area (Å²) < 4.78 is 4.88. The van der Waals surface area contributed by atoms with Gasteiger partial charge in [-0.2, -0.15) is 0 Å². The highest BCUT2D eigenvalue weighted by atomic mass is 16.5. The SMILES string of the molecule is CO/C=C/C1CCCCC1CO. The van der Waals surface area contributed by atoms with Crippen molar-refractivity contribution in [1.82, 2.24) is 0 Å². The molecule has 1 N–H and O–H groups in total. The largest absolute Gasteiger partial charge is 0.505 e. The van der Waals surface area contributed by atoms with Gasteiger partial charge in [0, 0.05) is 6.61 Å². The summed E-state index contributed by atoms with van der Waals surface area (Å²) in [4.78, 5) is 0. The van der Waals surface area contributed by atoms with Gasteiger partial charge in [0.05, 0.1) is 13.4 Å². The van der Waals surface area contributed by atoms with Gasteiger partial charge in [-0.1, -0.05) is 12.8 Å². The quantitative estimate of drug-likeness (QED) is 0.656. The van der Waals surface area contributed by atoms with E-state index >= 15 is 0 Å². The van der Waals surface area contributed by atoms with Crippen molar-refractivity contribution in [3.05, 3.63) is 12.3 Å². The molecule has 1 aliphatic rings. The minimum atomic E-state index is 0.318. The Morgan fingerprint density at radius 2 is 2.17 bits per heavy atom. The maximum Gasteiger partial charge on any atom is 0.0787 e. The van der Waals surface area contributed by atoms with Crippen molar-refractivity contribution in [3.8, 4) is 0 Å². The second-order valence-corrected chi connectivity index (χ2v) is 3.46. The topological polar surface area (TPSA) is 29.5 Å². The van der Waals surface area contributed by atoms with Crippen LogP contribution in [0.3, 0.4) is 0 Å². The standard InChI is InChI=1S/C10H18O2/c1-12-7-6-9-4-2-3-5-10(9)8-11/h6-7,9-11H,2-5,8H2,1H3/b7-6+. The van der Waals surface area contributed by atoms with E-state index in [1.54, 1.807) is 13.4 Å². The van der Waals surface area contributed by atoms with Gasteiger partial charge in [-0.3, -0.25) is 0 Å². The average molecular weight is 170 g/mol. The molecule has 0 heterocycles. The van der Waals surface area contributed by atoms with Crippen molar-refractivity contribution in [1.29, 1.82) is 0 Å². The second kappa shape index (κ2) is 5.20. The van der Waals surface area contributed by atoms with E-state index in [2.05, 4.69) is 6.08 Å². The molecule has 0 amide bonds. The first-order valence-corrected chi connectivity index (χ1v) is 4.68. The van der Waals surface area contributed by atoms with Crippen LogP contribution in [0.5, 0.6) is 0 Å². The van der Waals surface area contributed by atoms with Crippen molar-refractivity contribution in [2.45, 2.75) is 25.7 Å². The highest BCUT2D eigenvalue weighted by Crippen LogP contribution is 2.30. The molecule has 12 heavy (non-hydrogen) atoms. The molecule has 1 saturated carbocycles. The van der Waals surface area contributed by atoms with Crippen LogP contribution >= 0.6 is 0 Å². The molecule has 2 unspecified atom stereocenters. The number of hydrogen-bond acceptors (Lipinski definition) is 2. The van der Waals surface area contributed by atoms with Crippen LogP contribution in [0.25, 0.3) is 0 Å². The lowest BCUT2D eigenvalue weighted by Gasteiger charge is -2.27. The number of hydrogen-bond donors (Lipinski definition) is 1. The molecule has 0 aliphatic heterocycles. The summed E-state index contributed by atoms with van der Waals surface area (Å²) in [5.74, 6) is 0.994. The Kier molecular flexibility index (Phi) is 4.15. The fourth-order valence-electron chi connectivity index (χ4n) is 1.90. The molecule has 0 aromatic carbocycles. The third kappa shape index (κ3) is 2.52. The fraction of sp³-hybridized carbons (Fsp3) is 0.800. The zero-order valence-corrected chi connectivity index (χ0v) is 7.70. The van der Waals surface area contributed by atoms with Crippen molar-refractivity contribution < 1.29 is 9.84 Å². The van der Waals surface area contributed by atoms with Crippen LogP contribution in [0.1, 0.15) is 25.7 Å². The first-order valence-electron chi connectivity index (χ1n) is 4.68. The molecule has 1 rings (SSSR count). The monoisotopic (exact) mass is 170 g/mol. The van der Waals surface area contributed by atoms with Gasteiger partial charge in [0.15, 0.2) is 0 Å². The minimum Gasteiger partial charge on any atom is -0.505 e. The molecule has 2 atom stereocenters. The first-order chi connectivity index (χ1) is 5.88. The molecule has 1 aliphatic carbocycles. The zero-order chi connectivity index (χ0) is 8.81. The van der Waals surface area contributed by atoms with Crippen LogP contribution in [0.4, 0.5) is 0 Å². The van der Waals surface area contributed by atoms with Gasteiger partial charge in [0.1, 0.15) is 0 Å². The average Bonchev–Trinajstić information content (AvgIpc) is 2.15. The normalized spacial score (nSPS) is 30.8. The lowest BCUT2D eigenvalue weighted by atomic mass is 9.80. The summed E-state index contributed by atoms with van der Waals surface area (Å²) in [6, 6.07) is 0. The maximum atomic E-state index is 9.09.